The van der Waals surface area contributed by atoms with Crippen LogP contribution in [0.1, 0.15) is 17.0 Å². The monoisotopic (exact) mass is 355 g/mol. The van der Waals surface area contributed by atoms with Gasteiger partial charge in [-0.2, -0.15) is 5.10 Å². The van der Waals surface area contributed by atoms with Crippen molar-refractivity contribution in [2.45, 2.75) is 12.8 Å². The Hall–Kier alpha value is -2.67. The van der Waals surface area contributed by atoms with Crippen LogP contribution < -0.4 is 10.6 Å². The third-order valence-corrected chi connectivity index (χ3v) is 4.78. The molecule has 1 aliphatic heterocycles. The molecule has 138 valence electrons. The van der Waals surface area contributed by atoms with Crippen LogP contribution in [-0.2, 0) is 16.6 Å². The third kappa shape index (κ3) is 4.11. The maximum absolute atomic E-state index is 12.8. The minimum atomic E-state index is -0.200. The van der Waals surface area contributed by atoms with E-state index in [1.54, 1.807) is 11.7 Å². The highest BCUT2D eigenvalue weighted by molar-refractivity contribution is 5.95. The maximum atomic E-state index is 12.8. The molecule has 1 saturated heterocycles. The Labute approximate surface area is 153 Å². The van der Waals surface area contributed by atoms with E-state index in [1.807, 2.05) is 50.6 Å². The summed E-state index contributed by atoms with van der Waals surface area (Å²) in [7, 11) is 3.54. The minimum Gasteiger partial charge on any atom is -0.336 e. The van der Waals surface area contributed by atoms with Gasteiger partial charge < -0.3 is 15.5 Å². The lowest BCUT2D eigenvalue weighted by molar-refractivity contribution is -0.136. The van der Waals surface area contributed by atoms with Crippen molar-refractivity contribution in [3.8, 4) is 0 Å². The van der Waals surface area contributed by atoms with Crippen LogP contribution in [0, 0.1) is 12.8 Å². The average molecular weight is 355 g/mol. The molecule has 1 aromatic heterocycles. The first-order valence-corrected chi connectivity index (χ1v) is 8.75. The molecule has 2 amide bonds. The highest BCUT2D eigenvalue weighted by Gasteiger charge is 2.36. The van der Waals surface area contributed by atoms with E-state index in [0.29, 0.717) is 6.54 Å². The molecule has 0 spiro atoms. The molecule has 2 atom stereocenters. The molecule has 3 rings (SSSR count). The molecular formula is C19H25N5O2. The van der Waals surface area contributed by atoms with Crippen LogP contribution >= 0.6 is 0 Å². The van der Waals surface area contributed by atoms with E-state index in [2.05, 4.69) is 15.7 Å². The number of hydrogen-bond donors (Lipinski definition) is 2. The van der Waals surface area contributed by atoms with E-state index in [1.165, 1.54) is 4.90 Å². The second-order valence-corrected chi connectivity index (χ2v) is 6.93. The first kappa shape index (κ1) is 18.1. The predicted molar refractivity (Wildman–Crippen MR) is 99.8 cm³/mol. The smallest absolute Gasteiger partial charge is 0.243 e. The molecule has 2 aromatic rings. The van der Waals surface area contributed by atoms with Crippen LogP contribution in [0.4, 0.5) is 5.69 Å². The summed E-state index contributed by atoms with van der Waals surface area (Å²) in [5.74, 6) is -0.327. The number of aryl methyl sites for hydroxylation is 2. The van der Waals surface area contributed by atoms with Crippen LogP contribution in [0.15, 0.2) is 36.7 Å². The lowest BCUT2D eigenvalue weighted by atomic mass is 9.90. The van der Waals surface area contributed by atoms with Gasteiger partial charge in [-0.05, 0) is 24.6 Å². The number of hydrogen-bond acceptors (Lipinski definition) is 4. The molecule has 1 fully saturated rings. The number of benzene rings is 1. The first-order valence-electron chi connectivity index (χ1n) is 8.75. The summed E-state index contributed by atoms with van der Waals surface area (Å²) in [5, 5.41) is 10.3. The van der Waals surface area contributed by atoms with E-state index in [-0.39, 0.29) is 30.2 Å². The number of likely N-dealkylation sites (N-methyl/N-ethyl adjacent to an activating group) is 1. The summed E-state index contributed by atoms with van der Waals surface area (Å²) in [6, 6.07) is 7.59. The van der Waals surface area contributed by atoms with Crippen molar-refractivity contribution in [3.63, 3.8) is 0 Å². The normalized spacial score (nSPS) is 19.3. The Bertz CT molecular complexity index is 783. The van der Waals surface area contributed by atoms with Gasteiger partial charge in [0.15, 0.2) is 0 Å². The molecule has 0 saturated carbocycles. The van der Waals surface area contributed by atoms with Crippen LogP contribution in [0.3, 0.4) is 0 Å². The Kier molecular flexibility index (Phi) is 5.37. The SMILES string of the molecule is Cc1ccc(NC(=O)CN(C)C(=O)[C@H]2CNC[C@@H]2c2cnn(C)c2)cc1. The molecule has 26 heavy (non-hydrogen) atoms. The fraction of sp³-hybridized carbons (Fsp3) is 0.421. The maximum Gasteiger partial charge on any atom is 0.243 e. The van der Waals surface area contributed by atoms with Gasteiger partial charge in [0, 0.05) is 45.0 Å². The van der Waals surface area contributed by atoms with Gasteiger partial charge in [0.1, 0.15) is 0 Å². The highest BCUT2D eigenvalue weighted by atomic mass is 16.2. The first-order chi connectivity index (χ1) is 12.4. The van der Waals surface area contributed by atoms with Crippen LogP contribution in [0.25, 0.3) is 0 Å². The standard InChI is InChI=1S/C19H25N5O2/c1-13-4-6-15(7-5-13)22-18(25)12-23(2)19(26)17-10-20-9-16(17)14-8-21-24(3)11-14/h4-8,11,16-17,20H,9-10,12H2,1-3H3,(H,22,25)/t16-,17+/m1/s1. The molecule has 0 unspecified atom stereocenters. The van der Waals surface area contributed by atoms with Gasteiger partial charge in [0.05, 0.1) is 18.7 Å². The van der Waals surface area contributed by atoms with E-state index < -0.39 is 0 Å². The molecular weight excluding hydrogens is 330 g/mol. The molecule has 0 radical (unpaired) electrons. The molecule has 7 nitrogen and oxygen atoms in total. The van der Waals surface area contributed by atoms with Gasteiger partial charge in [0.2, 0.25) is 11.8 Å². The summed E-state index contributed by atoms with van der Waals surface area (Å²) in [4.78, 5) is 26.6. The second-order valence-electron chi connectivity index (χ2n) is 6.93. The third-order valence-electron chi connectivity index (χ3n) is 4.78. The number of carbonyl (C=O) groups is 2. The Morgan fingerprint density at radius 2 is 2.04 bits per heavy atom. The molecule has 2 N–H and O–H groups in total. The number of anilines is 1. The van der Waals surface area contributed by atoms with E-state index in [0.717, 1.165) is 23.4 Å². The lowest BCUT2D eigenvalue weighted by Gasteiger charge is -2.23. The van der Waals surface area contributed by atoms with Crippen molar-refractivity contribution >= 4 is 17.5 Å². The number of nitrogens with zero attached hydrogens (tertiary/aromatic N) is 3. The van der Waals surface area contributed by atoms with E-state index in [9.17, 15) is 9.59 Å². The second kappa shape index (κ2) is 7.70. The van der Waals surface area contributed by atoms with Crippen molar-refractivity contribution in [2.75, 3.05) is 32.0 Å². The zero-order valence-electron chi connectivity index (χ0n) is 15.4. The van der Waals surface area contributed by atoms with Gasteiger partial charge in [-0.3, -0.25) is 14.3 Å². The van der Waals surface area contributed by atoms with Crippen molar-refractivity contribution < 1.29 is 9.59 Å². The van der Waals surface area contributed by atoms with E-state index >= 15 is 0 Å². The summed E-state index contributed by atoms with van der Waals surface area (Å²) in [6.45, 7) is 3.38. The summed E-state index contributed by atoms with van der Waals surface area (Å²) in [6.07, 6.45) is 3.75. The van der Waals surface area contributed by atoms with Crippen LogP contribution in [-0.4, -0.2) is 53.2 Å². The topological polar surface area (TPSA) is 79.3 Å². The van der Waals surface area contributed by atoms with Crippen LogP contribution in [0.5, 0.6) is 0 Å². The molecule has 0 aliphatic carbocycles. The van der Waals surface area contributed by atoms with Crippen molar-refractivity contribution in [3.05, 3.63) is 47.8 Å². The molecule has 7 heteroatoms. The number of nitrogens with one attached hydrogen (secondary N) is 2. The number of aromatic nitrogens is 2. The molecule has 2 heterocycles. The highest BCUT2D eigenvalue weighted by Crippen LogP contribution is 2.29. The molecule has 1 aliphatic rings. The zero-order valence-corrected chi connectivity index (χ0v) is 15.4. The van der Waals surface area contributed by atoms with Gasteiger partial charge in [-0.15, -0.1) is 0 Å². The zero-order chi connectivity index (χ0) is 18.7. The molecule has 1 aromatic carbocycles. The fourth-order valence-electron chi connectivity index (χ4n) is 3.33. The number of rotatable bonds is 5. The van der Waals surface area contributed by atoms with Gasteiger partial charge >= 0.3 is 0 Å². The number of amides is 2. The Morgan fingerprint density at radius 1 is 1.31 bits per heavy atom. The van der Waals surface area contributed by atoms with Gasteiger partial charge in [-0.1, -0.05) is 17.7 Å². The van der Waals surface area contributed by atoms with Crippen molar-refractivity contribution in [2.24, 2.45) is 13.0 Å². The number of carbonyl (C=O) groups excluding carboxylic acids is 2. The largest absolute Gasteiger partial charge is 0.336 e. The fourth-order valence-corrected chi connectivity index (χ4v) is 3.33. The van der Waals surface area contributed by atoms with Crippen molar-refractivity contribution in [1.82, 2.24) is 20.0 Å². The van der Waals surface area contributed by atoms with Crippen LogP contribution in [0.2, 0.25) is 0 Å². The molecule has 0 bridgehead atoms. The van der Waals surface area contributed by atoms with Crippen molar-refractivity contribution in [1.29, 1.82) is 0 Å². The van der Waals surface area contributed by atoms with Gasteiger partial charge in [-0.25, -0.2) is 0 Å². The summed E-state index contributed by atoms with van der Waals surface area (Å²) in [5.41, 5.74) is 2.91. The lowest BCUT2D eigenvalue weighted by Crippen LogP contribution is -2.40. The predicted octanol–water partition coefficient (Wildman–Crippen LogP) is 1.13. The average Bonchev–Trinajstić information content (AvgIpc) is 3.24. The van der Waals surface area contributed by atoms with Gasteiger partial charge in [0.25, 0.3) is 0 Å². The Balaban J connectivity index is 1.59. The van der Waals surface area contributed by atoms with E-state index in [4.69, 9.17) is 0 Å². The summed E-state index contributed by atoms with van der Waals surface area (Å²) < 4.78 is 1.74. The quantitative estimate of drug-likeness (QED) is 0.843. The minimum absolute atomic E-state index is 0.0251. The Morgan fingerprint density at radius 3 is 2.69 bits per heavy atom. The summed E-state index contributed by atoms with van der Waals surface area (Å²) >= 11 is 0.